The summed E-state index contributed by atoms with van der Waals surface area (Å²) < 4.78 is 5.65. The second-order valence-corrected chi connectivity index (χ2v) is 5.64. The summed E-state index contributed by atoms with van der Waals surface area (Å²) in [5.74, 6) is 0.626. The molecule has 25 heavy (non-hydrogen) atoms. The van der Waals surface area contributed by atoms with E-state index in [0.29, 0.717) is 5.89 Å². The van der Waals surface area contributed by atoms with Crippen LogP contribution in [0.2, 0.25) is 0 Å². The van der Waals surface area contributed by atoms with E-state index in [-0.39, 0.29) is 11.6 Å². The number of aromatic nitrogens is 1. The summed E-state index contributed by atoms with van der Waals surface area (Å²) in [4.78, 5) is 4.21. The van der Waals surface area contributed by atoms with Crippen LogP contribution in [0.3, 0.4) is 0 Å². The molecule has 124 valence electrons. The van der Waals surface area contributed by atoms with Gasteiger partial charge < -0.3 is 4.42 Å². The Labute approximate surface area is 146 Å². The predicted molar refractivity (Wildman–Crippen MR) is 98.4 cm³/mol. The summed E-state index contributed by atoms with van der Waals surface area (Å²) in [7, 11) is 0. The minimum Gasteiger partial charge on any atom is -0.417 e. The van der Waals surface area contributed by atoms with E-state index in [1.54, 1.807) is 6.21 Å². The van der Waals surface area contributed by atoms with Crippen molar-refractivity contribution in [3.63, 3.8) is 0 Å². The third-order valence-corrected chi connectivity index (χ3v) is 3.80. The number of nitrogens with one attached hydrogen (secondary N) is 1. The van der Waals surface area contributed by atoms with Crippen molar-refractivity contribution in [3.05, 3.63) is 70.9 Å². The molecule has 0 atom stereocenters. The fourth-order valence-corrected chi connectivity index (χ4v) is 2.30. The van der Waals surface area contributed by atoms with Gasteiger partial charge in [0.1, 0.15) is 6.07 Å². The first kappa shape index (κ1) is 16.5. The number of rotatable bonds is 5. The van der Waals surface area contributed by atoms with Crippen LogP contribution in [0, 0.1) is 18.3 Å². The Balaban J connectivity index is 1.76. The summed E-state index contributed by atoms with van der Waals surface area (Å²) in [5, 5.41) is 13.4. The van der Waals surface area contributed by atoms with E-state index in [1.807, 2.05) is 49.4 Å². The maximum absolute atomic E-state index is 9.23. The molecule has 0 amide bonds. The number of anilines is 1. The van der Waals surface area contributed by atoms with Gasteiger partial charge in [-0.2, -0.15) is 15.3 Å². The first-order valence-electron chi connectivity index (χ1n) is 8.05. The molecular weight excluding hydrogens is 312 g/mol. The lowest BCUT2D eigenvalue weighted by molar-refractivity contribution is 0.587. The molecule has 5 heteroatoms. The van der Waals surface area contributed by atoms with Gasteiger partial charge in [0.2, 0.25) is 11.6 Å². The number of hydrazone groups is 1. The molecule has 0 unspecified atom stereocenters. The van der Waals surface area contributed by atoms with Crippen LogP contribution in [0.25, 0.3) is 11.5 Å². The van der Waals surface area contributed by atoms with E-state index >= 15 is 0 Å². The Bertz CT molecular complexity index is 916. The van der Waals surface area contributed by atoms with Gasteiger partial charge in [-0.3, -0.25) is 0 Å². The fraction of sp³-hybridized carbons (Fsp3) is 0.150. The van der Waals surface area contributed by atoms with Crippen molar-refractivity contribution in [3.8, 4) is 17.5 Å². The van der Waals surface area contributed by atoms with Crippen molar-refractivity contribution >= 4 is 12.1 Å². The van der Waals surface area contributed by atoms with Gasteiger partial charge in [-0.05, 0) is 36.6 Å². The van der Waals surface area contributed by atoms with Crippen LogP contribution in [0.15, 0.2) is 58.0 Å². The SMILES string of the molecule is CCc1ccc(/C=N/Nc2oc(-c3ccc(C)cc3)nc2C#N)cc1. The molecule has 1 N–H and O–H groups in total. The Morgan fingerprint density at radius 3 is 2.52 bits per heavy atom. The Morgan fingerprint density at radius 2 is 1.88 bits per heavy atom. The van der Waals surface area contributed by atoms with Crippen molar-refractivity contribution < 1.29 is 4.42 Å². The van der Waals surface area contributed by atoms with Crippen LogP contribution in [0.1, 0.15) is 29.3 Å². The number of benzene rings is 2. The molecule has 0 aliphatic carbocycles. The van der Waals surface area contributed by atoms with Crippen molar-refractivity contribution in [2.45, 2.75) is 20.3 Å². The molecule has 0 bridgehead atoms. The monoisotopic (exact) mass is 330 g/mol. The zero-order valence-electron chi connectivity index (χ0n) is 14.2. The normalized spacial score (nSPS) is 10.8. The molecule has 0 fully saturated rings. The Kier molecular flexibility index (Phi) is 4.91. The molecule has 0 radical (unpaired) electrons. The predicted octanol–water partition coefficient (Wildman–Crippen LogP) is 4.53. The Morgan fingerprint density at radius 1 is 1.16 bits per heavy atom. The van der Waals surface area contributed by atoms with Gasteiger partial charge in [0, 0.05) is 5.56 Å². The van der Waals surface area contributed by atoms with Crippen molar-refractivity contribution in [1.29, 1.82) is 5.26 Å². The molecule has 3 aromatic rings. The standard InChI is InChI=1S/C20H18N4O/c1-3-15-6-8-16(9-7-15)13-22-24-20-18(12-21)23-19(25-20)17-10-4-14(2)5-11-17/h4-11,13,24H,3H2,1-2H3/b22-13+. The van der Waals surface area contributed by atoms with Crippen LogP contribution in [0.4, 0.5) is 5.88 Å². The molecule has 0 spiro atoms. The molecule has 0 saturated heterocycles. The average molecular weight is 330 g/mol. The topological polar surface area (TPSA) is 74.2 Å². The van der Waals surface area contributed by atoms with E-state index in [2.05, 4.69) is 34.6 Å². The summed E-state index contributed by atoms with van der Waals surface area (Å²) in [6.07, 6.45) is 2.68. The largest absolute Gasteiger partial charge is 0.417 e. The highest BCUT2D eigenvalue weighted by molar-refractivity contribution is 5.80. The van der Waals surface area contributed by atoms with Gasteiger partial charge in [-0.25, -0.2) is 5.43 Å². The highest BCUT2D eigenvalue weighted by Crippen LogP contribution is 2.25. The second kappa shape index (κ2) is 7.45. The number of aryl methyl sites for hydroxylation is 2. The zero-order valence-corrected chi connectivity index (χ0v) is 14.2. The maximum Gasteiger partial charge on any atom is 0.252 e. The number of nitrogens with zero attached hydrogens (tertiary/aromatic N) is 3. The highest BCUT2D eigenvalue weighted by Gasteiger charge is 2.13. The lowest BCUT2D eigenvalue weighted by Crippen LogP contribution is -1.91. The Hall–Kier alpha value is -3.39. The lowest BCUT2D eigenvalue weighted by atomic mass is 10.1. The van der Waals surface area contributed by atoms with E-state index in [1.165, 1.54) is 5.56 Å². The molecule has 1 aromatic heterocycles. The van der Waals surface area contributed by atoms with Gasteiger partial charge in [-0.1, -0.05) is 48.9 Å². The quantitative estimate of drug-likeness (QED) is 0.551. The van der Waals surface area contributed by atoms with Gasteiger partial charge >= 0.3 is 0 Å². The molecule has 2 aromatic carbocycles. The van der Waals surface area contributed by atoms with Gasteiger partial charge in [0.25, 0.3) is 5.88 Å². The molecule has 5 nitrogen and oxygen atoms in total. The van der Waals surface area contributed by atoms with Crippen LogP contribution in [-0.4, -0.2) is 11.2 Å². The lowest BCUT2D eigenvalue weighted by Gasteiger charge is -1.98. The van der Waals surface area contributed by atoms with Crippen LogP contribution >= 0.6 is 0 Å². The molecular formula is C20H18N4O. The van der Waals surface area contributed by atoms with Gasteiger partial charge in [0.05, 0.1) is 6.21 Å². The van der Waals surface area contributed by atoms with Crippen molar-refractivity contribution in [2.24, 2.45) is 5.10 Å². The first-order valence-corrected chi connectivity index (χ1v) is 8.05. The van der Waals surface area contributed by atoms with E-state index in [0.717, 1.165) is 23.1 Å². The molecule has 0 saturated carbocycles. The molecule has 0 aliphatic rings. The first-order chi connectivity index (χ1) is 12.2. The van der Waals surface area contributed by atoms with E-state index in [9.17, 15) is 5.26 Å². The maximum atomic E-state index is 9.23. The molecule has 0 aliphatic heterocycles. The summed E-state index contributed by atoms with van der Waals surface area (Å²) in [6.45, 7) is 4.12. The summed E-state index contributed by atoms with van der Waals surface area (Å²) >= 11 is 0. The minimum absolute atomic E-state index is 0.175. The van der Waals surface area contributed by atoms with E-state index in [4.69, 9.17) is 4.42 Å². The average Bonchev–Trinajstić information content (AvgIpc) is 3.06. The second-order valence-electron chi connectivity index (χ2n) is 5.64. The highest BCUT2D eigenvalue weighted by atomic mass is 16.4. The van der Waals surface area contributed by atoms with Crippen molar-refractivity contribution in [2.75, 3.05) is 5.43 Å². The number of oxazole rings is 1. The van der Waals surface area contributed by atoms with Crippen LogP contribution in [0.5, 0.6) is 0 Å². The minimum atomic E-state index is 0.175. The molecule has 1 heterocycles. The third kappa shape index (κ3) is 3.93. The van der Waals surface area contributed by atoms with Gasteiger partial charge in [0.15, 0.2) is 0 Å². The molecule has 3 rings (SSSR count). The zero-order chi connectivity index (χ0) is 17.6. The summed E-state index contributed by atoms with van der Waals surface area (Å²) in [6, 6.07) is 17.9. The van der Waals surface area contributed by atoms with Gasteiger partial charge in [-0.15, -0.1) is 0 Å². The third-order valence-electron chi connectivity index (χ3n) is 3.80. The number of hydrogen-bond acceptors (Lipinski definition) is 5. The number of hydrogen-bond donors (Lipinski definition) is 1. The van der Waals surface area contributed by atoms with Crippen LogP contribution < -0.4 is 5.43 Å². The smallest absolute Gasteiger partial charge is 0.252 e. The summed E-state index contributed by atoms with van der Waals surface area (Å²) in [5.41, 5.74) is 7.13. The van der Waals surface area contributed by atoms with E-state index < -0.39 is 0 Å². The van der Waals surface area contributed by atoms with Crippen LogP contribution in [-0.2, 0) is 6.42 Å². The number of nitriles is 1. The van der Waals surface area contributed by atoms with Crippen molar-refractivity contribution in [1.82, 2.24) is 4.98 Å². The fourth-order valence-electron chi connectivity index (χ4n) is 2.30.